The lowest BCUT2D eigenvalue weighted by atomic mass is 10.1. The number of nitrogens with zero attached hydrogens (tertiary/aromatic N) is 1. The summed E-state index contributed by atoms with van der Waals surface area (Å²) in [5.74, 6) is -0.122. The van der Waals surface area contributed by atoms with Crippen molar-refractivity contribution in [2.75, 3.05) is 0 Å². The van der Waals surface area contributed by atoms with E-state index in [1.807, 2.05) is 6.07 Å². The first kappa shape index (κ1) is 11.5. The highest BCUT2D eigenvalue weighted by molar-refractivity contribution is 5.26. The van der Waals surface area contributed by atoms with Crippen LogP contribution in [0.5, 0.6) is 5.75 Å². The Morgan fingerprint density at radius 2 is 2.00 bits per heavy atom. The zero-order valence-corrected chi connectivity index (χ0v) is 9.27. The minimum atomic E-state index is -0.365. The number of aromatic nitrogens is 1. The first-order valence-electron chi connectivity index (χ1n) is 5.30. The highest BCUT2D eigenvalue weighted by Crippen LogP contribution is 2.17. The summed E-state index contributed by atoms with van der Waals surface area (Å²) >= 11 is 0. The lowest BCUT2D eigenvalue weighted by Crippen LogP contribution is -2.05. The number of pyridine rings is 1. The van der Waals surface area contributed by atoms with Gasteiger partial charge in [0.25, 0.3) is 0 Å². The van der Waals surface area contributed by atoms with Crippen LogP contribution in [0, 0.1) is 5.82 Å². The van der Waals surface area contributed by atoms with Gasteiger partial charge in [0.05, 0.1) is 0 Å². The van der Waals surface area contributed by atoms with Crippen molar-refractivity contribution >= 4 is 0 Å². The quantitative estimate of drug-likeness (QED) is 0.879. The molecule has 17 heavy (non-hydrogen) atoms. The van der Waals surface area contributed by atoms with Crippen LogP contribution in [0.1, 0.15) is 11.1 Å². The molecule has 3 nitrogen and oxygen atoms in total. The van der Waals surface area contributed by atoms with E-state index in [2.05, 4.69) is 4.98 Å². The van der Waals surface area contributed by atoms with Gasteiger partial charge >= 0.3 is 0 Å². The molecular weight excluding hydrogens is 219 g/mol. The minimum Gasteiger partial charge on any atom is -0.486 e. The van der Waals surface area contributed by atoms with E-state index >= 15 is 0 Å². The SMILES string of the molecule is NCc1cnccc1COc1ccccc1F. The Labute approximate surface area is 99.1 Å². The number of halogens is 1. The van der Waals surface area contributed by atoms with Crippen molar-refractivity contribution in [3.05, 3.63) is 59.7 Å². The molecule has 0 aliphatic heterocycles. The van der Waals surface area contributed by atoms with Crippen LogP contribution < -0.4 is 10.5 Å². The standard InChI is InChI=1S/C13H13FN2O/c14-12-3-1-2-4-13(12)17-9-10-5-6-16-8-11(10)7-15/h1-6,8H,7,9,15H2. The van der Waals surface area contributed by atoms with Crippen LogP contribution in [0.25, 0.3) is 0 Å². The topological polar surface area (TPSA) is 48.1 Å². The molecule has 0 radical (unpaired) electrons. The number of hydrogen-bond acceptors (Lipinski definition) is 3. The average molecular weight is 232 g/mol. The summed E-state index contributed by atoms with van der Waals surface area (Å²) in [6.07, 6.45) is 3.36. The fourth-order valence-corrected chi connectivity index (χ4v) is 1.50. The summed E-state index contributed by atoms with van der Waals surface area (Å²) in [7, 11) is 0. The third-order valence-corrected chi connectivity index (χ3v) is 2.44. The van der Waals surface area contributed by atoms with E-state index in [1.165, 1.54) is 6.07 Å². The first-order valence-corrected chi connectivity index (χ1v) is 5.30. The van der Waals surface area contributed by atoms with Gasteiger partial charge in [-0.3, -0.25) is 4.98 Å². The van der Waals surface area contributed by atoms with E-state index in [9.17, 15) is 4.39 Å². The van der Waals surface area contributed by atoms with Crippen molar-refractivity contribution in [1.82, 2.24) is 4.98 Å². The number of hydrogen-bond donors (Lipinski definition) is 1. The third kappa shape index (κ3) is 2.79. The molecule has 4 heteroatoms. The normalized spacial score (nSPS) is 10.2. The lowest BCUT2D eigenvalue weighted by Gasteiger charge is -2.09. The Morgan fingerprint density at radius 1 is 1.18 bits per heavy atom. The van der Waals surface area contributed by atoms with Crippen LogP contribution in [0.2, 0.25) is 0 Å². The second kappa shape index (κ2) is 5.41. The van der Waals surface area contributed by atoms with Gasteiger partial charge in [0, 0.05) is 18.9 Å². The highest BCUT2D eigenvalue weighted by Gasteiger charge is 2.04. The molecule has 0 aliphatic rings. The van der Waals surface area contributed by atoms with Gasteiger partial charge in [0.15, 0.2) is 11.6 Å². The van der Waals surface area contributed by atoms with E-state index < -0.39 is 0 Å². The molecule has 0 fully saturated rings. The zero-order chi connectivity index (χ0) is 12.1. The van der Waals surface area contributed by atoms with Crippen LogP contribution in [0.4, 0.5) is 4.39 Å². The van der Waals surface area contributed by atoms with E-state index in [-0.39, 0.29) is 18.2 Å². The molecule has 0 unspecified atom stereocenters. The second-order valence-electron chi connectivity index (χ2n) is 3.57. The molecule has 0 amide bonds. The van der Waals surface area contributed by atoms with Gasteiger partial charge < -0.3 is 10.5 Å². The third-order valence-electron chi connectivity index (χ3n) is 2.44. The van der Waals surface area contributed by atoms with Crippen LogP contribution in [0.15, 0.2) is 42.7 Å². The van der Waals surface area contributed by atoms with Gasteiger partial charge in [-0.1, -0.05) is 12.1 Å². The Hall–Kier alpha value is -1.94. The van der Waals surface area contributed by atoms with Crippen molar-refractivity contribution in [1.29, 1.82) is 0 Å². The van der Waals surface area contributed by atoms with Gasteiger partial charge in [-0.05, 0) is 29.3 Å². The predicted octanol–water partition coefficient (Wildman–Crippen LogP) is 2.26. The smallest absolute Gasteiger partial charge is 0.165 e. The Morgan fingerprint density at radius 3 is 2.76 bits per heavy atom. The number of ether oxygens (including phenoxy) is 1. The van der Waals surface area contributed by atoms with Crippen molar-refractivity contribution in [2.45, 2.75) is 13.2 Å². The molecule has 0 saturated heterocycles. The van der Waals surface area contributed by atoms with Gasteiger partial charge in [0.2, 0.25) is 0 Å². The van der Waals surface area contributed by atoms with Crippen molar-refractivity contribution < 1.29 is 9.13 Å². The average Bonchev–Trinajstić information content (AvgIpc) is 2.38. The maximum Gasteiger partial charge on any atom is 0.165 e. The van der Waals surface area contributed by atoms with Crippen LogP contribution in [0.3, 0.4) is 0 Å². The molecule has 0 saturated carbocycles. The fraction of sp³-hybridized carbons (Fsp3) is 0.154. The largest absolute Gasteiger partial charge is 0.486 e. The van der Waals surface area contributed by atoms with Gasteiger partial charge in [-0.25, -0.2) is 4.39 Å². The predicted molar refractivity (Wildman–Crippen MR) is 62.9 cm³/mol. The van der Waals surface area contributed by atoms with Gasteiger partial charge in [0.1, 0.15) is 6.61 Å². The number of para-hydroxylation sites is 1. The Balaban J connectivity index is 2.10. The van der Waals surface area contributed by atoms with E-state index in [0.717, 1.165) is 11.1 Å². The first-order chi connectivity index (χ1) is 8.31. The van der Waals surface area contributed by atoms with Crippen LogP contribution in [-0.4, -0.2) is 4.98 Å². The van der Waals surface area contributed by atoms with E-state index in [1.54, 1.807) is 30.6 Å². The summed E-state index contributed by atoms with van der Waals surface area (Å²) in [5.41, 5.74) is 7.41. The summed E-state index contributed by atoms with van der Waals surface area (Å²) in [6.45, 7) is 0.680. The molecule has 0 bridgehead atoms. The number of rotatable bonds is 4. The fourth-order valence-electron chi connectivity index (χ4n) is 1.50. The molecule has 0 spiro atoms. The Kier molecular flexibility index (Phi) is 3.67. The Bertz CT molecular complexity index is 502. The number of benzene rings is 1. The maximum atomic E-state index is 13.3. The van der Waals surface area contributed by atoms with Crippen LogP contribution >= 0.6 is 0 Å². The summed E-state index contributed by atoms with van der Waals surface area (Å²) in [5, 5.41) is 0. The molecular formula is C13H13FN2O. The second-order valence-corrected chi connectivity index (χ2v) is 3.57. The van der Waals surface area contributed by atoms with E-state index in [4.69, 9.17) is 10.5 Å². The van der Waals surface area contributed by atoms with Crippen molar-refractivity contribution in [2.24, 2.45) is 5.73 Å². The molecule has 0 atom stereocenters. The molecule has 0 aliphatic carbocycles. The summed E-state index contributed by atoms with van der Waals surface area (Å²) < 4.78 is 18.7. The summed E-state index contributed by atoms with van der Waals surface area (Å²) in [4.78, 5) is 3.98. The molecule has 88 valence electrons. The molecule has 1 heterocycles. The molecule has 1 aromatic carbocycles. The molecule has 2 N–H and O–H groups in total. The zero-order valence-electron chi connectivity index (χ0n) is 9.27. The van der Waals surface area contributed by atoms with Crippen molar-refractivity contribution in [3.63, 3.8) is 0 Å². The van der Waals surface area contributed by atoms with Crippen LogP contribution in [-0.2, 0) is 13.2 Å². The van der Waals surface area contributed by atoms with Gasteiger partial charge in [-0.2, -0.15) is 0 Å². The number of nitrogens with two attached hydrogens (primary N) is 1. The monoisotopic (exact) mass is 232 g/mol. The molecule has 1 aromatic heterocycles. The molecule has 2 rings (SSSR count). The van der Waals surface area contributed by atoms with E-state index in [0.29, 0.717) is 6.54 Å². The molecule has 2 aromatic rings. The van der Waals surface area contributed by atoms with Crippen molar-refractivity contribution in [3.8, 4) is 5.75 Å². The maximum absolute atomic E-state index is 13.3. The van der Waals surface area contributed by atoms with Gasteiger partial charge in [-0.15, -0.1) is 0 Å². The minimum absolute atomic E-state index is 0.243. The lowest BCUT2D eigenvalue weighted by molar-refractivity contribution is 0.289. The highest BCUT2D eigenvalue weighted by atomic mass is 19.1. The summed E-state index contributed by atoms with van der Waals surface area (Å²) in [6, 6.07) is 8.14.